The second-order valence-electron chi connectivity index (χ2n) is 8.17. The van der Waals surface area contributed by atoms with Gasteiger partial charge in [0, 0.05) is 43.1 Å². The zero-order valence-electron chi connectivity index (χ0n) is 19.1. The number of rotatable bonds is 8. The van der Waals surface area contributed by atoms with Crippen LogP contribution in [0, 0.1) is 5.92 Å². The van der Waals surface area contributed by atoms with Crippen molar-refractivity contribution in [3.8, 4) is 0 Å². The number of hydrogen-bond donors (Lipinski definition) is 1. The Kier molecular flexibility index (Phi) is 9.31. The molecule has 0 atom stereocenters. The molecular formula is C25H31Cl2F2N3S. The summed E-state index contributed by atoms with van der Waals surface area (Å²) < 4.78 is 27.2. The van der Waals surface area contributed by atoms with Crippen LogP contribution < -0.4 is 10.2 Å². The fraction of sp³-hybridized carbons (Fsp3) is 0.480. The summed E-state index contributed by atoms with van der Waals surface area (Å²) in [7, 11) is 0. The lowest BCUT2D eigenvalue weighted by Crippen LogP contribution is -2.39. The van der Waals surface area contributed by atoms with Gasteiger partial charge < -0.3 is 10.2 Å². The molecule has 3 nitrogen and oxygen atoms in total. The third kappa shape index (κ3) is 7.00. The molecular weight excluding hydrogens is 483 g/mol. The third-order valence-corrected chi connectivity index (χ3v) is 7.63. The molecule has 4 rings (SSSR count). The Morgan fingerprint density at radius 3 is 2.36 bits per heavy atom. The molecule has 2 aliphatic rings. The molecule has 0 bridgehead atoms. The minimum atomic E-state index is -2.64. The van der Waals surface area contributed by atoms with E-state index in [9.17, 15) is 8.78 Å². The predicted molar refractivity (Wildman–Crippen MR) is 141 cm³/mol. The lowest BCUT2D eigenvalue weighted by atomic mass is 10.1. The number of anilines is 2. The zero-order valence-corrected chi connectivity index (χ0v) is 21.5. The smallest absolute Gasteiger partial charge is 0.251 e. The minimum Gasteiger partial charge on any atom is -0.378 e. The first-order valence-electron chi connectivity index (χ1n) is 11.4. The summed E-state index contributed by atoms with van der Waals surface area (Å²) in [5.41, 5.74) is 2.83. The van der Waals surface area contributed by atoms with Gasteiger partial charge in [0.1, 0.15) is 0 Å². The lowest BCUT2D eigenvalue weighted by Gasteiger charge is -2.35. The molecule has 1 saturated carbocycles. The topological polar surface area (TPSA) is 27.6 Å². The Hall–Kier alpha value is -1.50. The monoisotopic (exact) mass is 513 g/mol. The second kappa shape index (κ2) is 11.8. The van der Waals surface area contributed by atoms with Crippen LogP contribution in [-0.4, -0.2) is 31.5 Å². The maximum absolute atomic E-state index is 13.6. The van der Waals surface area contributed by atoms with Crippen molar-refractivity contribution in [2.45, 2.75) is 56.9 Å². The van der Waals surface area contributed by atoms with Crippen molar-refractivity contribution in [1.29, 1.82) is 0 Å². The summed E-state index contributed by atoms with van der Waals surface area (Å²) in [6, 6.07) is 10.2. The third-order valence-electron chi connectivity index (χ3n) is 5.73. The first kappa shape index (κ1) is 26.1. The predicted octanol–water partition coefficient (Wildman–Crippen LogP) is 8.70. The van der Waals surface area contributed by atoms with Gasteiger partial charge in [-0.3, -0.25) is 4.99 Å². The van der Waals surface area contributed by atoms with Gasteiger partial charge in [0.05, 0.1) is 27.1 Å². The normalized spacial score (nSPS) is 17.2. The zero-order chi connectivity index (χ0) is 24.0. The van der Waals surface area contributed by atoms with Crippen LogP contribution in [0.3, 0.4) is 0 Å². The van der Waals surface area contributed by atoms with E-state index < -0.39 is 5.92 Å². The molecule has 1 aliphatic carbocycles. The average Bonchev–Trinajstić information content (AvgIpc) is 3.64. The standard InChI is InChI=1S/C23H25Cl2F2N3S.C2H6/c1-28-19-12-18(24)22(30-10-8-23(26,27)9-11-30)20(25)21(19)29-13-15-4-6-17(7-5-15)31-14-16-2-3-16;1-2/h4-7,12,16,29H,1-3,8-11,13-14H2;1-2H3. The van der Waals surface area contributed by atoms with E-state index in [1.807, 2.05) is 30.5 Å². The van der Waals surface area contributed by atoms with Gasteiger partial charge in [-0.2, -0.15) is 0 Å². The van der Waals surface area contributed by atoms with Gasteiger partial charge in [0.15, 0.2) is 0 Å². The van der Waals surface area contributed by atoms with E-state index in [1.165, 1.54) is 23.5 Å². The van der Waals surface area contributed by atoms with Crippen molar-refractivity contribution >= 4 is 58.7 Å². The van der Waals surface area contributed by atoms with Crippen molar-refractivity contribution in [3.63, 3.8) is 0 Å². The molecule has 1 aliphatic heterocycles. The Balaban J connectivity index is 0.00000149. The SMILES string of the molecule is C=Nc1cc(Cl)c(N2CCC(F)(F)CC2)c(Cl)c1NCc1ccc(SCC2CC2)cc1.CC. The Morgan fingerprint density at radius 1 is 1.15 bits per heavy atom. The Bertz CT molecular complexity index is 940. The highest BCUT2D eigenvalue weighted by atomic mass is 35.5. The van der Waals surface area contributed by atoms with Gasteiger partial charge in [0.25, 0.3) is 5.92 Å². The first-order chi connectivity index (χ1) is 15.9. The van der Waals surface area contributed by atoms with E-state index in [-0.39, 0.29) is 25.9 Å². The molecule has 8 heteroatoms. The average molecular weight is 515 g/mol. The summed E-state index contributed by atoms with van der Waals surface area (Å²) in [4.78, 5) is 7.15. The van der Waals surface area contributed by atoms with Crippen molar-refractivity contribution in [2.75, 3.05) is 29.1 Å². The fourth-order valence-electron chi connectivity index (χ4n) is 3.63. The van der Waals surface area contributed by atoms with Gasteiger partial charge in [0.2, 0.25) is 0 Å². The molecule has 2 fully saturated rings. The van der Waals surface area contributed by atoms with Crippen LogP contribution in [0.4, 0.5) is 25.8 Å². The van der Waals surface area contributed by atoms with Crippen molar-refractivity contribution in [3.05, 3.63) is 45.9 Å². The fourth-order valence-corrected chi connectivity index (χ4v) is 5.47. The largest absolute Gasteiger partial charge is 0.378 e. The highest BCUT2D eigenvalue weighted by molar-refractivity contribution is 7.99. The molecule has 33 heavy (non-hydrogen) atoms. The van der Waals surface area contributed by atoms with Gasteiger partial charge >= 0.3 is 0 Å². The van der Waals surface area contributed by atoms with E-state index in [2.05, 4.69) is 41.3 Å². The van der Waals surface area contributed by atoms with E-state index in [4.69, 9.17) is 23.2 Å². The molecule has 1 saturated heterocycles. The number of benzene rings is 2. The maximum Gasteiger partial charge on any atom is 0.251 e. The highest BCUT2D eigenvalue weighted by Crippen LogP contribution is 2.46. The van der Waals surface area contributed by atoms with Crippen LogP contribution >= 0.6 is 35.0 Å². The molecule has 180 valence electrons. The van der Waals surface area contributed by atoms with Gasteiger partial charge in [-0.15, -0.1) is 11.8 Å². The molecule has 0 spiro atoms. The van der Waals surface area contributed by atoms with Gasteiger partial charge in [-0.25, -0.2) is 8.78 Å². The molecule has 2 aromatic rings. The number of aliphatic imine (C=N–C) groups is 1. The number of alkyl halides is 2. The number of halogens is 4. The van der Waals surface area contributed by atoms with Crippen LogP contribution in [0.5, 0.6) is 0 Å². The first-order valence-corrected chi connectivity index (χ1v) is 13.2. The van der Waals surface area contributed by atoms with Crippen molar-refractivity contribution < 1.29 is 8.78 Å². The molecule has 0 unspecified atom stereocenters. The van der Waals surface area contributed by atoms with Crippen LogP contribution in [-0.2, 0) is 6.54 Å². The summed E-state index contributed by atoms with van der Waals surface area (Å²) in [5.74, 6) is -0.552. The number of nitrogens with one attached hydrogen (secondary N) is 1. The summed E-state index contributed by atoms with van der Waals surface area (Å²) in [5, 5.41) is 4.12. The lowest BCUT2D eigenvalue weighted by molar-refractivity contribution is -0.0220. The van der Waals surface area contributed by atoms with Crippen LogP contribution in [0.1, 0.15) is 45.1 Å². The Morgan fingerprint density at radius 2 is 1.79 bits per heavy atom. The van der Waals surface area contributed by atoms with Crippen molar-refractivity contribution in [1.82, 2.24) is 0 Å². The summed E-state index contributed by atoms with van der Waals surface area (Å²) in [6.07, 6.45) is 2.29. The van der Waals surface area contributed by atoms with Gasteiger partial charge in [-0.05, 0) is 49.2 Å². The molecule has 0 radical (unpaired) electrons. The van der Waals surface area contributed by atoms with E-state index in [0.29, 0.717) is 33.7 Å². The van der Waals surface area contributed by atoms with Crippen LogP contribution in [0.15, 0.2) is 40.2 Å². The summed E-state index contributed by atoms with van der Waals surface area (Å²) >= 11 is 15.1. The van der Waals surface area contributed by atoms with Crippen LogP contribution in [0.25, 0.3) is 0 Å². The molecule has 0 aromatic heterocycles. The maximum atomic E-state index is 13.6. The molecule has 1 heterocycles. The second-order valence-corrected chi connectivity index (χ2v) is 10.0. The minimum absolute atomic E-state index is 0.201. The number of hydrogen-bond acceptors (Lipinski definition) is 4. The number of nitrogens with zero attached hydrogens (tertiary/aromatic N) is 2. The Labute approximate surface area is 209 Å². The highest BCUT2D eigenvalue weighted by Gasteiger charge is 2.35. The van der Waals surface area contributed by atoms with E-state index in [1.54, 1.807) is 6.07 Å². The van der Waals surface area contributed by atoms with E-state index >= 15 is 0 Å². The van der Waals surface area contributed by atoms with Crippen LogP contribution in [0.2, 0.25) is 10.0 Å². The van der Waals surface area contributed by atoms with Gasteiger partial charge in [-0.1, -0.05) is 49.2 Å². The van der Waals surface area contributed by atoms with E-state index in [0.717, 1.165) is 11.5 Å². The number of piperidine rings is 1. The molecule has 2 aromatic carbocycles. The summed E-state index contributed by atoms with van der Waals surface area (Å²) in [6.45, 7) is 8.57. The van der Waals surface area contributed by atoms with Crippen molar-refractivity contribution in [2.24, 2.45) is 10.9 Å². The number of thioether (sulfide) groups is 1. The molecule has 0 amide bonds. The molecule has 1 N–H and O–H groups in total. The quantitative estimate of drug-likeness (QED) is 0.282.